The second-order valence-electron chi connectivity index (χ2n) is 5.28. The molecular formula is C18H24N4O2. The van der Waals surface area contributed by atoms with Gasteiger partial charge in [-0.3, -0.25) is 4.99 Å². The van der Waals surface area contributed by atoms with Crippen LogP contribution in [-0.2, 0) is 13.1 Å². The molecule has 128 valence electrons. The number of ether oxygens (including phenoxy) is 2. The molecule has 6 heteroatoms. The lowest BCUT2D eigenvalue weighted by Gasteiger charge is -2.22. The van der Waals surface area contributed by atoms with Crippen molar-refractivity contribution in [1.29, 1.82) is 0 Å². The van der Waals surface area contributed by atoms with Gasteiger partial charge in [0.05, 0.1) is 26.5 Å². The highest BCUT2D eigenvalue weighted by atomic mass is 16.5. The minimum absolute atomic E-state index is 0.580. The van der Waals surface area contributed by atoms with Gasteiger partial charge in [0, 0.05) is 26.7 Å². The monoisotopic (exact) mass is 328 g/mol. The van der Waals surface area contributed by atoms with Crippen LogP contribution in [-0.4, -0.2) is 44.2 Å². The Bertz CT molecular complexity index is 671. The van der Waals surface area contributed by atoms with Crippen molar-refractivity contribution in [3.8, 4) is 11.6 Å². The lowest BCUT2D eigenvalue weighted by atomic mass is 10.2. The van der Waals surface area contributed by atoms with Gasteiger partial charge in [-0.15, -0.1) is 0 Å². The van der Waals surface area contributed by atoms with E-state index in [9.17, 15) is 0 Å². The van der Waals surface area contributed by atoms with Crippen LogP contribution in [0.1, 0.15) is 11.3 Å². The molecule has 2 rings (SSSR count). The standard InChI is InChI=1S/C18H24N4O2/c1-19-18(20-12-15-6-5-7-17(21-15)24-4)22(2)13-14-8-10-16(23-3)11-9-14/h5-11H,12-13H2,1-4H3,(H,19,20). The number of aliphatic imine (C=N–C) groups is 1. The molecule has 6 nitrogen and oxygen atoms in total. The Morgan fingerprint density at radius 3 is 2.50 bits per heavy atom. The average molecular weight is 328 g/mol. The van der Waals surface area contributed by atoms with E-state index in [-0.39, 0.29) is 0 Å². The molecule has 24 heavy (non-hydrogen) atoms. The van der Waals surface area contributed by atoms with E-state index in [1.165, 1.54) is 5.56 Å². The maximum Gasteiger partial charge on any atom is 0.213 e. The fourth-order valence-electron chi connectivity index (χ4n) is 2.30. The van der Waals surface area contributed by atoms with Crippen molar-refractivity contribution in [3.05, 3.63) is 53.7 Å². The van der Waals surface area contributed by atoms with E-state index < -0.39 is 0 Å². The Hall–Kier alpha value is -2.76. The van der Waals surface area contributed by atoms with Gasteiger partial charge >= 0.3 is 0 Å². The molecule has 0 aliphatic carbocycles. The summed E-state index contributed by atoms with van der Waals surface area (Å²) in [5, 5.41) is 3.31. The Balaban J connectivity index is 1.94. The van der Waals surface area contributed by atoms with E-state index in [1.54, 1.807) is 21.3 Å². The fourth-order valence-corrected chi connectivity index (χ4v) is 2.30. The second-order valence-corrected chi connectivity index (χ2v) is 5.28. The number of pyridine rings is 1. The molecule has 0 aliphatic rings. The summed E-state index contributed by atoms with van der Waals surface area (Å²) < 4.78 is 10.3. The highest BCUT2D eigenvalue weighted by Gasteiger charge is 2.07. The fraction of sp³-hybridized carbons (Fsp3) is 0.333. The van der Waals surface area contributed by atoms with Crippen molar-refractivity contribution in [2.24, 2.45) is 4.99 Å². The normalized spacial score (nSPS) is 11.1. The number of guanidine groups is 1. The first-order valence-corrected chi connectivity index (χ1v) is 7.71. The number of nitrogens with zero attached hydrogens (tertiary/aromatic N) is 3. The Kier molecular flexibility index (Phi) is 6.42. The number of rotatable bonds is 6. The van der Waals surface area contributed by atoms with Gasteiger partial charge in [0.2, 0.25) is 5.88 Å². The minimum atomic E-state index is 0.580. The van der Waals surface area contributed by atoms with Gasteiger partial charge < -0.3 is 19.7 Å². The van der Waals surface area contributed by atoms with E-state index in [0.717, 1.165) is 23.9 Å². The van der Waals surface area contributed by atoms with Gasteiger partial charge in [0.1, 0.15) is 5.75 Å². The maximum absolute atomic E-state index is 5.18. The van der Waals surface area contributed by atoms with Crippen LogP contribution >= 0.6 is 0 Å². The highest BCUT2D eigenvalue weighted by molar-refractivity contribution is 5.79. The molecule has 0 radical (unpaired) electrons. The minimum Gasteiger partial charge on any atom is -0.497 e. The van der Waals surface area contributed by atoms with Crippen LogP contribution in [0.25, 0.3) is 0 Å². The van der Waals surface area contributed by atoms with Crippen LogP contribution in [0, 0.1) is 0 Å². The lowest BCUT2D eigenvalue weighted by Crippen LogP contribution is -2.38. The number of benzene rings is 1. The largest absolute Gasteiger partial charge is 0.497 e. The topological polar surface area (TPSA) is 59.0 Å². The van der Waals surface area contributed by atoms with Crippen molar-refractivity contribution in [1.82, 2.24) is 15.2 Å². The number of aromatic nitrogens is 1. The van der Waals surface area contributed by atoms with Crippen LogP contribution in [0.3, 0.4) is 0 Å². The molecule has 0 amide bonds. The van der Waals surface area contributed by atoms with E-state index in [2.05, 4.69) is 20.2 Å². The molecule has 0 unspecified atom stereocenters. The molecule has 0 saturated carbocycles. The first kappa shape index (κ1) is 17.6. The lowest BCUT2D eigenvalue weighted by molar-refractivity contribution is 0.396. The van der Waals surface area contributed by atoms with Crippen LogP contribution in [0.4, 0.5) is 0 Å². The molecule has 0 aliphatic heterocycles. The third-order valence-electron chi connectivity index (χ3n) is 3.57. The Labute approximate surface area is 143 Å². The molecule has 1 N–H and O–H groups in total. The Morgan fingerprint density at radius 2 is 1.88 bits per heavy atom. The van der Waals surface area contributed by atoms with Gasteiger partial charge in [-0.25, -0.2) is 4.98 Å². The summed E-state index contributed by atoms with van der Waals surface area (Å²) in [6.07, 6.45) is 0. The maximum atomic E-state index is 5.18. The molecule has 0 bridgehead atoms. The summed E-state index contributed by atoms with van der Waals surface area (Å²) in [4.78, 5) is 10.8. The van der Waals surface area contributed by atoms with E-state index >= 15 is 0 Å². The predicted molar refractivity (Wildman–Crippen MR) is 95.4 cm³/mol. The van der Waals surface area contributed by atoms with Crippen LogP contribution in [0.2, 0.25) is 0 Å². The smallest absolute Gasteiger partial charge is 0.213 e. The molecule has 1 aromatic heterocycles. The molecule has 1 heterocycles. The summed E-state index contributed by atoms with van der Waals surface area (Å²) in [6, 6.07) is 13.7. The first-order valence-electron chi connectivity index (χ1n) is 7.71. The van der Waals surface area contributed by atoms with Crippen molar-refractivity contribution < 1.29 is 9.47 Å². The molecule has 0 fully saturated rings. The molecule has 2 aromatic rings. The summed E-state index contributed by atoms with van der Waals surface area (Å²) in [5.74, 6) is 2.26. The first-order chi connectivity index (χ1) is 11.7. The third kappa shape index (κ3) is 4.87. The van der Waals surface area contributed by atoms with Crippen molar-refractivity contribution in [2.75, 3.05) is 28.3 Å². The zero-order chi connectivity index (χ0) is 17.4. The zero-order valence-corrected chi connectivity index (χ0v) is 14.6. The van der Waals surface area contributed by atoms with Crippen molar-refractivity contribution in [2.45, 2.75) is 13.1 Å². The number of methoxy groups -OCH3 is 2. The average Bonchev–Trinajstić information content (AvgIpc) is 2.63. The second kappa shape index (κ2) is 8.76. The highest BCUT2D eigenvalue weighted by Crippen LogP contribution is 2.12. The molecule has 0 atom stereocenters. The van der Waals surface area contributed by atoms with Crippen LogP contribution in [0.5, 0.6) is 11.6 Å². The predicted octanol–water partition coefficient (Wildman–Crippen LogP) is 2.31. The third-order valence-corrected chi connectivity index (χ3v) is 3.57. The van der Waals surface area contributed by atoms with Crippen LogP contribution in [0.15, 0.2) is 47.5 Å². The van der Waals surface area contributed by atoms with Crippen molar-refractivity contribution in [3.63, 3.8) is 0 Å². The SMILES string of the molecule is CN=C(NCc1cccc(OC)n1)N(C)Cc1ccc(OC)cc1. The van der Waals surface area contributed by atoms with Crippen molar-refractivity contribution >= 4 is 5.96 Å². The zero-order valence-electron chi connectivity index (χ0n) is 14.6. The summed E-state index contributed by atoms with van der Waals surface area (Å²) in [5.41, 5.74) is 2.08. The summed E-state index contributed by atoms with van der Waals surface area (Å²) in [7, 11) is 7.05. The number of hydrogen-bond donors (Lipinski definition) is 1. The van der Waals surface area contributed by atoms with Gasteiger partial charge in [-0.05, 0) is 23.8 Å². The van der Waals surface area contributed by atoms with Gasteiger partial charge in [-0.1, -0.05) is 18.2 Å². The molecular weight excluding hydrogens is 304 g/mol. The van der Waals surface area contributed by atoms with Crippen LogP contribution < -0.4 is 14.8 Å². The Morgan fingerprint density at radius 1 is 1.12 bits per heavy atom. The summed E-state index contributed by atoms with van der Waals surface area (Å²) >= 11 is 0. The van der Waals surface area contributed by atoms with E-state index in [0.29, 0.717) is 12.4 Å². The van der Waals surface area contributed by atoms with Gasteiger partial charge in [-0.2, -0.15) is 0 Å². The molecule has 0 spiro atoms. The quantitative estimate of drug-likeness (QED) is 0.651. The van der Waals surface area contributed by atoms with E-state index in [4.69, 9.17) is 9.47 Å². The molecule has 0 saturated heterocycles. The van der Waals surface area contributed by atoms with Gasteiger partial charge in [0.15, 0.2) is 5.96 Å². The number of nitrogens with one attached hydrogen (secondary N) is 1. The van der Waals surface area contributed by atoms with E-state index in [1.807, 2.05) is 49.5 Å². The molecule has 1 aromatic carbocycles. The summed E-state index contributed by atoms with van der Waals surface area (Å²) in [6.45, 7) is 1.33. The van der Waals surface area contributed by atoms with Gasteiger partial charge in [0.25, 0.3) is 0 Å². The number of hydrogen-bond acceptors (Lipinski definition) is 4.